The van der Waals surface area contributed by atoms with Gasteiger partial charge in [0.05, 0.1) is 12.5 Å². The monoisotopic (exact) mass is 206 g/mol. The Morgan fingerprint density at radius 1 is 1.90 bits per heavy atom. The van der Waals surface area contributed by atoms with Crippen LogP contribution >= 0.6 is 15.9 Å². The molecule has 0 bridgehead atoms. The summed E-state index contributed by atoms with van der Waals surface area (Å²) < 4.78 is 4.75. The third-order valence-electron chi connectivity index (χ3n) is 1.04. The molecule has 0 aromatic heterocycles. The van der Waals surface area contributed by atoms with Crippen molar-refractivity contribution in [1.82, 2.24) is 0 Å². The molecule has 0 rings (SSSR count). The highest BCUT2D eigenvalue weighted by Crippen LogP contribution is 2.04. The first-order valence-corrected chi connectivity index (χ1v) is 4.23. The smallest absolute Gasteiger partial charge is 0.313 e. The number of hydrogen-bond acceptors (Lipinski definition) is 2. The first-order valence-electron chi connectivity index (χ1n) is 3.11. The van der Waals surface area contributed by atoms with Crippen LogP contribution in [-0.4, -0.2) is 17.9 Å². The molecule has 3 heteroatoms. The molecule has 0 heterocycles. The Bertz CT molecular complexity index is 123. The first-order chi connectivity index (χ1) is 4.76. The van der Waals surface area contributed by atoms with E-state index in [1.165, 1.54) is 0 Å². The summed E-state index contributed by atoms with van der Waals surface area (Å²) in [5.41, 5.74) is 0. The minimum atomic E-state index is -0.214. The van der Waals surface area contributed by atoms with E-state index in [0.29, 0.717) is 11.9 Å². The molecule has 0 fully saturated rings. The second-order valence-electron chi connectivity index (χ2n) is 1.75. The van der Waals surface area contributed by atoms with Crippen LogP contribution < -0.4 is 0 Å². The van der Waals surface area contributed by atoms with E-state index in [1.54, 1.807) is 13.0 Å². The number of rotatable bonds is 4. The normalized spacial score (nSPS) is 12.2. The van der Waals surface area contributed by atoms with Gasteiger partial charge >= 0.3 is 5.97 Å². The maximum Gasteiger partial charge on any atom is 0.313 e. The Kier molecular flexibility index (Phi) is 5.30. The molecule has 0 aliphatic carbocycles. The van der Waals surface area contributed by atoms with Gasteiger partial charge in [-0.25, -0.2) is 0 Å². The fourth-order valence-corrected chi connectivity index (χ4v) is 1.00. The quantitative estimate of drug-likeness (QED) is 0.398. The van der Waals surface area contributed by atoms with E-state index in [9.17, 15) is 4.79 Å². The Hall–Kier alpha value is -0.310. The minimum absolute atomic E-state index is 0.208. The van der Waals surface area contributed by atoms with Crippen LogP contribution in [-0.2, 0) is 9.53 Å². The highest BCUT2D eigenvalue weighted by Gasteiger charge is 2.12. The van der Waals surface area contributed by atoms with Crippen LogP contribution in [0.2, 0.25) is 0 Å². The molecule has 1 atom stereocenters. The lowest BCUT2D eigenvalue weighted by Crippen LogP contribution is -2.16. The van der Waals surface area contributed by atoms with Crippen molar-refractivity contribution in [3.8, 4) is 0 Å². The van der Waals surface area contributed by atoms with Crippen molar-refractivity contribution in [1.29, 1.82) is 0 Å². The average molecular weight is 207 g/mol. The van der Waals surface area contributed by atoms with Crippen LogP contribution in [0.15, 0.2) is 12.7 Å². The summed E-state index contributed by atoms with van der Waals surface area (Å²) in [6, 6.07) is 0. The van der Waals surface area contributed by atoms with E-state index in [-0.39, 0.29) is 11.9 Å². The highest BCUT2D eigenvalue weighted by atomic mass is 79.9. The van der Waals surface area contributed by atoms with Gasteiger partial charge in [0.25, 0.3) is 0 Å². The molecule has 0 amide bonds. The summed E-state index contributed by atoms with van der Waals surface area (Å²) in [5.74, 6) is -0.422. The third-order valence-corrected chi connectivity index (χ3v) is 1.74. The zero-order chi connectivity index (χ0) is 7.98. The van der Waals surface area contributed by atoms with Crippen LogP contribution in [0.3, 0.4) is 0 Å². The van der Waals surface area contributed by atoms with Gasteiger partial charge in [-0.3, -0.25) is 4.79 Å². The first kappa shape index (κ1) is 9.69. The van der Waals surface area contributed by atoms with Gasteiger partial charge in [0.1, 0.15) is 0 Å². The molecule has 2 nitrogen and oxygen atoms in total. The number of alkyl halides is 1. The highest BCUT2D eigenvalue weighted by molar-refractivity contribution is 9.09. The molecule has 0 aromatic carbocycles. The Morgan fingerprint density at radius 3 is 2.80 bits per heavy atom. The molecule has 0 aliphatic heterocycles. The molecule has 0 unspecified atom stereocenters. The minimum Gasteiger partial charge on any atom is -0.466 e. The summed E-state index contributed by atoms with van der Waals surface area (Å²) in [7, 11) is 0. The van der Waals surface area contributed by atoms with Gasteiger partial charge in [-0.05, 0) is 6.92 Å². The number of hydrogen-bond donors (Lipinski definition) is 0. The second kappa shape index (κ2) is 5.47. The maximum absolute atomic E-state index is 10.9. The topological polar surface area (TPSA) is 26.3 Å². The summed E-state index contributed by atoms with van der Waals surface area (Å²) in [4.78, 5) is 10.9. The molecular weight excluding hydrogens is 196 g/mol. The van der Waals surface area contributed by atoms with Crippen LogP contribution in [0, 0.1) is 5.92 Å². The lowest BCUT2D eigenvalue weighted by molar-refractivity contribution is -0.145. The van der Waals surface area contributed by atoms with E-state index >= 15 is 0 Å². The van der Waals surface area contributed by atoms with Crippen molar-refractivity contribution in [3.63, 3.8) is 0 Å². The van der Waals surface area contributed by atoms with Crippen molar-refractivity contribution < 1.29 is 9.53 Å². The van der Waals surface area contributed by atoms with Crippen molar-refractivity contribution in [2.45, 2.75) is 6.92 Å². The van der Waals surface area contributed by atoms with Crippen molar-refractivity contribution in [2.75, 3.05) is 11.9 Å². The van der Waals surface area contributed by atoms with Crippen LogP contribution in [0.25, 0.3) is 0 Å². The van der Waals surface area contributed by atoms with Crippen molar-refractivity contribution in [2.24, 2.45) is 5.92 Å². The molecule has 0 radical (unpaired) electrons. The molecule has 10 heavy (non-hydrogen) atoms. The van der Waals surface area contributed by atoms with Gasteiger partial charge < -0.3 is 4.74 Å². The maximum atomic E-state index is 10.9. The van der Waals surface area contributed by atoms with Gasteiger partial charge in [0.2, 0.25) is 0 Å². The van der Waals surface area contributed by atoms with Gasteiger partial charge in [-0.2, -0.15) is 0 Å². The standard InChI is InChI=1S/C7H11BrO2/c1-3-6(5-8)7(9)10-4-2/h3,6H,1,4-5H2,2H3/t6-/m1/s1. The van der Waals surface area contributed by atoms with E-state index in [4.69, 9.17) is 4.74 Å². The predicted octanol–water partition coefficient (Wildman–Crippen LogP) is 1.75. The number of carbonyl (C=O) groups is 1. The van der Waals surface area contributed by atoms with E-state index in [2.05, 4.69) is 22.5 Å². The van der Waals surface area contributed by atoms with Gasteiger partial charge in [-0.15, -0.1) is 6.58 Å². The number of halogens is 1. The van der Waals surface area contributed by atoms with E-state index in [1.807, 2.05) is 0 Å². The summed E-state index contributed by atoms with van der Waals surface area (Å²) in [6.07, 6.45) is 1.58. The van der Waals surface area contributed by atoms with Gasteiger partial charge in [0.15, 0.2) is 0 Å². The molecule has 0 spiro atoms. The van der Waals surface area contributed by atoms with Crippen LogP contribution in [0.1, 0.15) is 6.92 Å². The summed E-state index contributed by atoms with van der Waals surface area (Å²) in [5, 5.41) is 0.579. The Balaban J connectivity index is 3.76. The fourth-order valence-electron chi connectivity index (χ4n) is 0.472. The average Bonchev–Trinajstić information content (AvgIpc) is 1.91. The molecule has 0 saturated heterocycles. The summed E-state index contributed by atoms with van der Waals surface area (Å²) in [6.45, 7) is 5.72. The van der Waals surface area contributed by atoms with E-state index < -0.39 is 0 Å². The third kappa shape index (κ3) is 3.01. The molecule has 0 saturated carbocycles. The van der Waals surface area contributed by atoms with Crippen LogP contribution in [0.4, 0.5) is 0 Å². The second-order valence-corrected chi connectivity index (χ2v) is 2.40. The lowest BCUT2D eigenvalue weighted by atomic mass is 10.2. The van der Waals surface area contributed by atoms with Gasteiger partial charge in [0, 0.05) is 5.33 Å². The van der Waals surface area contributed by atoms with Gasteiger partial charge in [-0.1, -0.05) is 22.0 Å². The molecule has 0 aromatic rings. The van der Waals surface area contributed by atoms with Crippen molar-refractivity contribution in [3.05, 3.63) is 12.7 Å². The lowest BCUT2D eigenvalue weighted by Gasteiger charge is -2.06. The molecule has 58 valence electrons. The molecule has 0 aliphatic rings. The zero-order valence-electron chi connectivity index (χ0n) is 5.97. The SMILES string of the molecule is C=C[C@H](CBr)C(=O)OCC. The predicted molar refractivity (Wildman–Crippen MR) is 44.1 cm³/mol. The summed E-state index contributed by atoms with van der Waals surface area (Å²) >= 11 is 3.17. The van der Waals surface area contributed by atoms with Crippen LogP contribution in [0.5, 0.6) is 0 Å². The number of ether oxygens (including phenoxy) is 1. The van der Waals surface area contributed by atoms with Crippen molar-refractivity contribution >= 4 is 21.9 Å². The molecule has 0 N–H and O–H groups in total. The fraction of sp³-hybridized carbons (Fsp3) is 0.571. The van der Waals surface area contributed by atoms with E-state index in [0.717, 1.165) is 0 Å². The number of esters is 1. The largest absolute Gasteiger partial charge is 0.466 e. The Labute approximate surface area is 69.4 Å². The zero-order valence-corrected chi connectivity index (χ0v) is 7.56. The Morgan fingerprint density at radius 2 is 2.50 bits per heavy atom. The molecular formula is C7H11BrO2. The number of carbonyl (C=O) groups excluding carboxylic acids is 1.